The highest BCUT2D eigenvalue weighted by molar-refractivity contribution is 5.68. The Bertz CT molecular complexity index is 46.9. The van der Waals surface area contributed by atoms with Gasteiger partial charge < -0.3 is 0 Å². The average Bonchev–Trinajstić information content (AvgIpc) is 1.41. The molecular weight excluding hydrogens is 64.0 g/mol. The molecule has 0 aliphatic heterocycles. The molecule has 0 saturated carbocycles. The smallest absolute Gasteiger partial charge is 0.106 e. The molecular formula is C3H6N2. The highest BCUT2D eigenvalue weighted by atomic mass is 14.7. The molecule has 0 aliphatic carbocycles. The molecule has 0 atom stereocenters. The second-order valence-corrected chi connectivity index (χ2v) is 0.536. The summed E-state index contributed by atoms with van der Waals surface area (Å²) in [7, 11) is 0. The molecule has 28 valence electrons. The van der Waals surface area contributed by atoms with E-state index in [9.17, 15) is 0 Å². The van der Waals surface area contributed by atoms with E-state index in [-0.39, 0.29) is 0 Å². The molecule has 2 nitrogen and oxygen atoms in total. The molecule has 0 spiro atoms. The third-order valence-electron chi connectivity index (χ3n) is 0.224. The van der Waals surface area contributed by atoms with Crippen LogP contribution in [0.3, 0.4) is 0 Å². The summed E-state index contributed by atoms with van der Waals surface area (Å²) in [5.41, 5.74) is 0. The summed E-state index contributed by atoms with van der Waals surface area (Å²) in [5, 5.41) is 6.28. The number of rotatable bonds is 1. The Hall–Kier alpha value is -0.660. The molecule has 0 saturated heterocycles. The maximum atomic E-state index is 6.28. The predicted molar refractivity (Wildman–Crippen MR) is 22.9 cm³/mol. The summed E-state index contributed by atoms with van der Waals surface area (Å²) in [6.07, 6.45) is 2.56. The normalized spacial score (nSPS) is 9.00. The van der Waals surface area contributed by atoms with E-state index >= 15 is 0 Å². The maximum Gasteiger partial charge on any atom is 0.106 e. The van der Waals surface area contributed by atoms with Gasteiger partial charge >= 0.3 is 0 Å². The summed E-state index contributed by atoms with van der Waals surface area (Å²) >= 11 is 0. The summed E-state index contributed by atoms with van der Waals surface area (Å²) in [5.74, 6) is 0. The van der Waals surface area contributed by atoms with Crippen LogP contribution in [-0.2, 0) is 0 Å². The van der Waals surface area contributed by atoms with Gasteiger partial charge in [-0.25, -0.2) is 0 Å². The van der Waals surface area contributed by atoms with Crippen molar-refractivity contribution in [2.75, 3.05) is 0 Å². The molecule has 0 bridgehead atoms. The van der Waals surface area contributed by atoms with Crippen molar-refractivity contribution >= 4 is 12.6 Å². The van der Waals surface area contributed by atoms with Crippen LogP contribution in [0.15, 0.2) is 4.99 Å². The van der Waals surface area contributed by atoms with Crippen LogP contribution >= 0.6 is 0 Å². The Morgan fingerprint density at radius 3 is 2.40 bits per heavy atom. The summed E-state index contributed by atoms with van der Waals surface area (Å²) in [4.78, 5) is 3.39. The molecule has 0 heterocycles. The molecule has 0 aliphatic rings. The molecule has 2 heteroatoms. The molecule has 0 fully saturated rings. The van der Waals surface area contributed by atoms with Gasteiger partial charge in [-0.2, -0.15) is 0 Å². The van der Waals surface area contributed by atoms with Crippen molar-refractivity contribution in [1.82, 2.24) is 0 Å². The highest BCUT2D eigenvalue weighted by Gasteiger charge is 1.42. The Kier molecular flexibility index (Phi) is 2.90. The van der Waals surface area contributed by atoms with Gasteiger partial charge in [0.05, 0.1) is 0 Å². The van der Waals surface area contributed by atoms with E-state index in [1.807, 2.05) is 0 Å². The monoisotopic (exact) mass is 70.1 g/mol. The van der Waals surface area contributed by atoms with Crippen LogP contribution in [0.4, 0.5) is 0 Å². The van der Waals surface area contributed by atoms with Gasteiger partial charge in [0, 0.05) is 6.21 Å². The SMILES string of the molecule is CC=NC=N. The lowest BCUT2D eigenvalue weighted by Crippen LogP contribution is -1.56. The quantitative estimate of drug-likeness (QED) is 0.348. The van der Waals surface area contributed by atoms with Crippen LogP contribution in [0.25, 0.3) is 0 Å². The standard InChI is InChI=1S/C3H6N2/c1-2-5-3-4/h2-4H,1H3. The van der Waals surface area contributed by atoms with E-state index < -0.39 is 0 Å². The largest absolute Gasteiger partial charge is 0.290 e. The van der Waals surface area contributed by atoms with Gasteiger partial charge in [-0.05, 0) is 6.92 Å². The van der Waals surface area contributed by atoms with Crippen LogP contribution in [0.2, 0.25) is 0 Å². The lowest BCUT2D eigenvalue weighted by molar-refractivity contribution is 1.52. The first-order valence-electron chi connectivity index (χ1n) is 1.38. The van der Waals surface area contributed by atoms with Crippen LogP contribution < -0.4 is 0 Å². The fraction of sp³-hybridized carbons (Fsp3) is 0.333. The van der Waals surface area contributed by atoms with E-state index in [1.165, 1.54) is 0 Å². The summed E-state index contributed by atoms with van der Waals surface area (Å²) in [6, 6.07) is 0. The summed E-state index contributed by atoms with van der Waals surface area (Å²) in [6.45, 7) is 1.77. The molecule has 5 heavy (non-hydrogen) atoms. The molecule has 0 aromatic heterocycles. The number of nitrogens with one attached hydrogen (secondary N) is 1. The molecule has 0 radical (unpaired) electrons. The molecule has 1 N–H and O–H groups in total. The average molecular weight is 70.1 g/mol. The maximum absolute atomic E-state index is 6.28. The Morgan fingerprint density at radius 2 is 2.40 bits per heavy atom. The van der Waals surface area contributed by atoms with Crippen molar-refractivity contribution in [3.05, 3.63) is 0 Å². The van der Waals surface area contributed by atoms with E-state index in [1.54, 1.807) is 13.1 Å². The van der Waals surface area contributed by atoms with Crippen LogP contribution in [0, 0.1) is 5.41 Å². The minimum Gasteiger partial charge on any atom is -0.290 e. The van der Waals surface area contributed by atoms with Gasteiger partial charge in [-0.3, -0.25) is 10.4 Å². The first-order chi connectivity index (χ1) is 2.41. The zero-order chi connectivity index (χ0) is 4.12. The predicted octanol–water partition coefficient (Wildman–Crippen LogP) is 0.684. The lowest BCUT2D eigenvalue weighted by Gasteiger charge is -1.57. The van der Waals surface area contributed by atoms with Crippen molar-refractivity contribution in [2.24, 2.45) is 4.99 Å². The Labute approximate surface area is 31.0 Å². The Morgan fingerprint density at radius 1 is 1.80 bits per heavy atom. The minimum atomic E-state index is 1.00. The van der Waals surface area contributed by atoms with Crippen molar-refractivity contribution in [2.45, 2.75) is 6.92 Å². The molecule has 0 aromatic carbocycles. The van der Waals surface area contributed by atoms with Crippen molar-refractivity contribution < 1.29 is 0 Å². The zero-order valence-corrected chi connectivity index (χ0v) is 3.10. The molecule has 0 amide bonds. The fourth-order valence-electron chi connectivity index (χ4n) is 0.0745. The van der Waals surface area contributed by atoms with Crippen LogP contribution in [-0.4, -0.2) is 12.6 Å². The van der Waals surface area contributed by atoms with Crippen molar-refractivity contribution in [3.63, 3.8) is 0 Å². The van der Waals surface area contributed by atoms with Crippen molar-refractivity contribution in [3.8, 4) is 0 Å². The molecule has 0 rings (SSSR count). The second kappa shape index (κ2) is 3.34. The lowest BCUT2D eigenvalue weighted by atomic mass is 10.9. The number of hydrogen-bond donors (Lipinski definition) is 1. The second-order valence-electron chi connectivity index (χ2n) is 0.536. The van der Waals surface area contributed by atoms with Crippen LogP contribution in [0.5, 0.6) is 0 Å². The van der Waals surface area contributed by atoms with E-state index in [4.69, 9.17) is 5.41 Å². The number of aliphatic imine (C=N–C) groups is 1. The van der Waals surface area contributed by atoms with E-state index in [0.717, 1.165) is 6.34 Å². The van der Waals surface area contributed by atoms with Crippen LogP contribution in [0.1, 0.15) is 6.92 Å². The van der Waals surface area contributed by atoms with E-state index in [0.29, 0.717) is 0 Å². The highest BCUT2D eigenvalue weighted by Crippen LogP contribution is 1.45. The number of hydrogen-bond acceptors (Lipinski definition) is 1. The first kappa shape index (κ1) is 4.34. The summed E-state index contributed by atoms with van der Waals surface area (Å²) < 4.78 is 0. The van der Waals surface area contributed by atoms with Gasteiger partial charge in [0.1, 0.15) is 6.34 Å². The fourth-order valence-corrected chi connectivity index (χ4v) is 0.0745. The van der Waals surface area contributed by atoms with Gasteiger partial charge in [0.2, 0.25) is 0 Å². The Balaban J connectivity index is 2.92. The van der Waals surface area contributed by atoms with Gasteiger partial charge in [0.25, 0.3) is 0 Å². The molecule has 0 aromatic rings. The van der Waals surface area contributed by atoms with Gasteiger partial charge in [0.15, 0.2) is 0 Å². The first-order valence-corrected chi connectivity index (χ1v) is 1.38. The zero-order valence-electron chi connectivity index (χ0n) is 3.10. The van der Waals surface area contributed by atoms with Crippen molar-refractivity contribution in [1.29, 1.82) is 5.41 Å². The number of nitrogens with zero attached hydrogens (tertiary/aromatic N) is 1. The minimum absolute atomic E-state index is 1.00. The third kappa shape index (κ3) is 3.34. The topological polar surface area (TPSA) is 36.2 Å². The van der Waals surface area contributed by atoms with Gasteiger partial charge in [-0.15, -0.1) is 0 Å². The van der Waals surface area contributed by atoms with Gasteiger partial charge in [-0.1, -0.05) is 0 Å². The third-order valence-corrected chi connectivity index (χ3v) is 0.224. The molecule has 0 unspecified atom stereocenters. The van der Waals surface area contributed by atoms with E-state index in [2.05, 4.69) is 4.99 Å².